The Morgan fingerprint density at radius 1 is 0.851 bits per heavy atom. The van der Waals surface area contributed by atoms with Gasteiger partial charge in [-0.05, 0) is 92.8 Å². The van der Waals surface area contributed by atoms with E-state index in [1.54, 1.807) is 43.5 Å². The third-order valence-electron chi connectivity index (χ3n) is 13.5. The first-order chi connectivity index (χ1) is 32.2. The monoisotopic (exact) mass is 945 g/mol. The van der Waals surface area contributed by atoms with Crippen molar-refractivity contribution in [2.45, 2.75) is 44.1 Å². The Labute approximate surface area is 393 Å². The lowest BCUT2D eigenvalue weighted by molar-refractivity contribution is -0.136. The summed E-state index contributed by atoms with van der Waals surface area (Å²) in [6, 6.07) is 14.6. The zero-order valence-corrected chi connectivity index (χ0v) is 39.6. The van der Waals surface area contributed by atoms with Crippen molar-refractivity contribution < 1.29 is 28.5 Å². The average molecular weight is 946 g/mol. The molecule has 2 atom stereocenters. The predicted octanol–water partition coefficient (Wildman–Crippen LogP) is 6.20. The van der Waals surface area contributed by atoms with Gasteiger partial charge in [-0.2, -0.15) is 10.1 Å². The SMILES string of the molecule is COc1cc(N2CCN(CC3CCN(c4ccc5c(c4)C(=O)N(C4CCC(=O)NC4=O)C5=O)C3)CC2)c(-c2cnn(C)c2)cc1Nc1ncc(Cl)c(Nc2ccc(C3CC3)cc2P(C)(C)=O)n1. The first-order valence-corrected chi connectivity index (χ1v) is 25.7. The molecule has 2 aromatic heterocycles. The summed E-state index contributed by atoms with van der Waals surface area (Å²) in [5.41, 5.74) is 6.97. The van der Waals surface area contributed by atoms with E-state index >= 15 is 0 Å². The van der Waals surface area contributed by atoms with Gasteiger partial charge in [0.25, 0.3) is 11.8 Å². The van der Waals surface area contributed by atoms with E-state index in [2.05, 4.69) is 58.9 Å². The van der Waals surface area contributed by atoms with Crippen molar-refractivity contribution in [1.82, 2.24) is 34.9 Å². The highest BCUT2D eigenvalue weighted by Gasteiger charge is 2.45. The predicted molar refractivity (Wildman–Crippen MR) is 258 cm³/mol. The molecule has 0 spiro atoms. The minimum Gasteiger partial charge on any atom is -0.494 e. The van der Waals surface area contributed by atoms with Crippen molar-refractivity contribution >= 4 is 82.2 Å². The van der Waals surface area contributed by atoms with Gasteiger partial charge < -0.3 is 29.7 Å². The molecule has 1 saturated carbocycles. The van der Waals surface area contributed by atoms with Crippen LogP contribution in [-0.4, -0.2) is 125 Å². The van der Waals surface area contributed by atoms with Gasteiger partial charge in [-0.25, -0.2) is 4.98 Å². The summed E-state index contributed by atoms with van der Waals surface area (Å²) >= 11 is 6.66. The lowest BCUT2D eigenvalue weighted by Gasteiger charge is -2.38. The van der Waals surface area contributed by atoms with E-state index in [1.165, 1.54) is 5.56 Å². The summed E-state index contributed by atoms with van der Waals surface area (Å²) in [7, 11) is 0.901. The van der Waals surface area contributed by atoms with E-state index in [1.807, 2.05) is 37.6 Å². The number of fused-ring (bicyclic) bond motifs is 1. The zero-order valence-electron chi connectivity index (χ0n) is 37.9. The fraction of sp³-hybridized carbons (Fsp3) is 0.396. The molecule has 67 heavy (non-hydrogen) atoms. The maximum Gasteiger partial charge on any atom is 0.262 e. The second-order valence-corrected chi connectivity index (χ2v) is 22.2. The van der Waals surface area contributed by atoms with Crippen LogP contribution in [0.25, 0.3) is 11.1 Å². The topological polar surface area (TPSA) is 187 Å². The fourth-order valence-corrected chi connectivity index (χ4v) is 11.1. The number of carbonyl (C=O) groups excluding carboxylic acids is 4. The molecular formula is C48H53ClN11O6P. The third-order valence-corrected chi connectivity index (χ3v) is 15.3. The summed E-state index contributed by atoms with van der Waals surface area (Å²) in [6.45, 7) is 9.44. The van der Waals surface area contributed by atoms with Gasteiger partial charge in [0.1, 0.15) is 24.0 Å². The third kappa shape index (κ3) is 8.99. The van der Waals surface area contributed by atoms with Gasteiger partial charge in [0, 0.05) is 99.4 Å². The van der Waals surface area contributed by atoms with Crippen molar-refractivity contribution in [3.63, 3.8) is 0 Å². The van der Waals surface area contributed by atoms with Crippen LogP contribution in [0.3, 0.4) is 0 Å². The second kappa shape index (κ2) is 17.7. The Hall–Kier alpha value is -6.29. The molecule has 0 radical (unpaired) electrons. The Morgan fingerprint density at radius 3 is 2.36 bits per heavy atom. The molecule has 10 rings (SSSR count). The quantitative estimate of drug-likeness (QED) is 0.0895. The number of amides is 4. The summed E-state index contributed by atoms with van der Waals surface area (Å²) in [5, 5.41) is 14.6. The van der Waals surface area contributed by atoms with E-state index in [0.29, 0.717) is 51.3 Å². The normalized spacial score (nSPS) is 20.1. The molecule has 1 aliphatic carbocycles. The number of nitrogens with zero attached hydrogens (tertiary/aromatic N) is 8. The second-order valence-electron chi connectivity index (χ2n) is 18.6. The number of methoxy groups -OCH3 is 1. The molecule has 2 unspecified atom stereocenters. The molecule has 6 heterocycles. The van der Waals surface area contributed by atoms with Crippen molar-refractivity contribution in [1.29, 1.82) is 0 Å². The van der Waals surface area contributed by atoms with E-state index in [4.69, 9.17) is 21.3 Å². The number of ether oxygens (including phenoxy) is 1. The molecule has 4 fully saturated rings. The van der Waals surface area contributed by atoms with Crippen molar-refractivity contribution in [3.8, 4) is 16.9 Å². The maximum atomic E-state index is 13.5. The molecule has 0 bridgehead atoms. The first-order valence-electron chi connectivity index (χ1n) is 22.8. The number of anilines is 6. The highest BCUT2D eigenvalue weighted by atomic mass is 35.5. The lowest BCUT2D eigenvalue weighted by Crippen LogP contribution is -2.54. The van der Waals surface area contributed by atoms with Crippen LogP contribution in [-0.2, 0) is 21.2 Å². The van der Waals surface area contributed by atoms with E-state index < -0.39 is 36.8 Å². The standard InChI is InChI=1S/C48H53ClN11O6P/c1-56-27-31(23-51-56)34-21-38(53-48-50-24-36(49)44(55-48)52-37-10-7-30(29-5-6-29)19-42(37)67(3,4)65)41(66-2)22-40(34)58-17-15-57(16-18-58)25-28-13-14-59(26-28)32-8-9-33-35(20-32)47(64)60(46(33)63)39-11-12-43(61)54-45(39)62/h7-10,19-24,27-29,39H,5-6,11-18,25-26H2,1-4H3,(H,54,61,62)(H2,50,52,53,55). The van der Waals surface area contributed by atoms with E-state index in [-0.39, 0.29) is 18.4 Å². The average Bonchev–Trinajstić information content (AvgIpc) is 3.82. The van der Waals surface area contributed by atoms with Crippen LogP contribution in [0.4, 0.5) is 34.5 Å². The maximum absolute atomic E-state index is 13.5. The van der Waals surface area contributed by atoms with Crippen LogP contribution in [0.5, 0.6) is 5.75 Å². The molecule has 3 aromatic carbocycles. The molecule has 4 amide bonds. The molecule has 3 N–H and O–H groups in total. The number of hydrogen-bond acceptors (Lipinski definition) is 14. The van der Waals surface area contributed by atoms with Crippen molar-refractivity contribution in [3.05, 3.63) is 88.8 Å². The van der Waals surface area contributed by atoms with Gasteiger partial charge in [-0.3, -0.25) is 39.0 Å². The molecule has 19 heteroatoms. The van der Waals surface area contributed by atoms with Gasteiger partial charge >= 0.3 is 0 Å². The molecular weight excluding hydrogens is 893 g/mol. The Balaban J connectivity index is 0.811. The van der Waals surface area contributed by atoms with Crippen LogP contribution in [0.15, 0.2) is 67.1 Å². The summed E-state index contributed by atoms with van der Waals surface area (Å²) in [5.74, 6) is 0.229. The number of carbonyl (C=O) groups is 4. The van der Waals surface area contributed by atoms with E-state index in [9.17, 15) is 23.7 Å². The number of piperazine rings is 1. The number of imide groups is 2. The fourth-order valence-electron chi connectivity index (χ4n) is 9.83. The van der Waals surface area contributed by atoms with Gasteiger partial charge in [-0.15, -0.1) is 0 Å². The first kappa shape index (κ1) is 44.5. The van der Waals surface area contributed by atoms with Crippen LogP contribution in [0, 0.1) is 5.92 Å². The van der Waals surface area contributed by atoms with Crippen molar-refractivity contribution in [2.75, 3.05) is 86.7 Å². The van der Waals surface area contributed by atoms with Gasteiger partial charge in [0.15, 0.2) is 5.82 Å². The minimum absolute atomic E-state index is 0.0803. The lowest BCUT2D eigenvalue weighted by atomic mass is 10.0. The molecule has 348 valence electrons. The van der Waals surface area contributed by atoms with Crippen LogP contribution in [0.1, 0.15) is 64.3 Å². The number of aromatic nitrogens is 4. The Kier molecular flexibility index (Phi) is 11.8. The highest BCUT2D eigenvalue weighted by molar-refractivity contribution is 7.70. The van der Waals surface area contributed by atoms with Crippen LogP contribution in [0.2, 0.25) is 5.02 Å². The smallest absolute Gasteiger partial charge is 0.262 e. The number of piperidine rings is 1. The number of rotatable bonds is 13. The zero-order chi connectivity index (χ0) is 46.7. The van der Waals surface area contributed by atoms with Gasteiger partial charge in [0.2, 0.25) is 17.8 Å². The number of nitrogens with one attached hydrogen (secondary N) is 3. The summed E-state index contributed by atoms with van der Waals surface area (Å²) < 4.78 is 21.2. The largest absolute Gasteiger partial charge is 0.494 e. The molecule has 4 aliphatic heterocycles. The van der Waals surface area contributed by atoms with Crippen LogP contribution < -0.4 is 35.8 Å². The summed E-state index contributed by atoms with van der Waals surface area (Å²) in [4.78, 5) is 68.5. The summed E-state index contributed by atoms with van der Waals surface area (Å²) in [6.07, 6.45) is 8.89. The number of benzene rings is 3. The van der Waals surface area contributed by atoms with Crippen LogP contribution >= 0.6 is 18.7 Å². The number of halogens is 1. The molecule has 5 aromatic rings. The Bertz CT molecular complexity index is 2870. The Morgan fingerprint density at radius 2 is 1.64 bits per heavy atom. The number of aryl methyl sites for hydroxylation is 1. The van der Waals surface area contributed by atoms with E-state index in [0.717, 1.165) is 97.8 Å². The van der Waals surface area contributed by atoms with Gasteiger partial charge in [-0.1, -0.05) is 17.7 Å². The highest BCUT2D eigenvalue weighted by Crippen LogP contribution is 2.45. The minimum atomic E-state index is -2.64. The van der Waals surface area contributed by atoms with Crippen molar-refractivity contribution in [2.24, 2.45) is 13.0 Å². The number of hydrogen-bond donors (Lipinski definition) is 3. The van der Waals surface area contributed by atoms with Gasteiger partial charge in [0.05, 0.1) is 42.0 Å². The molecule has 5 aliphatic rings. The molecule has 3 saturated heterocycles. The molecule has 17 nitrogen and oxygen atoms in total.